The molecule has 0 saturated heterocycles. The van der Waals surface area contributed by atoms with Crippen LogP contribution in [0.5, 0.6) is 0 Å². The topological polar surface area (TPSA) is 61.6 Å². The van der Waals surface area contributed by atoms with Crippen molar-refractivity contribution in [1.82, 2.24) is 0 Å². The van der Waals surface area contributed by atoms with Crippen LogP contribution in [0, 0.1) is 10.1 Å². The average Bonchev–Trinajstić information content (AvgIpc) is 2.51. The second-order valence-electron chi connectivity index (χ2n) is 5.27. The van der Waals surface area contributed by atoms with Gasteiger partial charge >= 0.3 is 0 Å². The molecule has 0 aromatic heterocycles. The van der Waals surface area contributed by atoms with Crippen LogP contribution in [-0.2, 0) is 15.9 Å². The Morgan fingerprint density at radius 1 is 1.09 bits per heavy atom. The van der Waals surface area contributed by atoms with E-state index in [9.17, 15) is 10.1 Å². The van der Waals surface area contributed by atoms with Gasteiger partial charge in [-0.2, -0.15) is 0 Å². The second kappa shape index (κ2) is 10.3. The third-order valence-electron chi connectivity index (χ3n) is 3.55. The molecule has 0 amide bonds. The fraction of sp³-hybridized carbons (Fsp3) is 0.647. The van der Waals surface area contributed by atoms with Gasteiger partial charge in [-0.3, -0.25) is 10.1 Å². The summed E-state index contributed by atoms with van der Waals surface area (Å²) >= 11 is 0. The molecule has 0 saturated carbocycles. The minimum atomic E-state index is -0.500. The van der Waals surface area contributed by atoms with Crippen molar-refractivity contribution < 1.29 is 14.4 Å². The van der Waals surface area contributed by atoms with E-state index in [1.807, 2.05) is 45.0 Å². The number of rotatable bonds is 11. The van der Waals surface area contributed by atoms with Crippen LogP contribution in [0.15, 0.2) is 24.3 Å². The minimum Gasteiger partial charge on any atom is -0.349 e. The van der Waals surface area contributed by atoms with Gasteiger partial charge in [-0.05, 0) is 25.8 Å². The summed E-state index contributed by atoms with van der Waals surface area (Å²) in [5.74, 6) is 0. The smallest absolute Gasteiger partial charge is 0.217 e. The van der Waals surface area contributed by atoms with Gasteiger partial charge in [-0.25, -0.2) is 0 Å². The van der Waals surface area contributed by atoms with Gasteiger partial charge in [0.2, 0.25) is 6.04 Å². The van der Waals surface area contributed by atoms with Crippen molar-refractivity contribution in [3.8, 4) is 0 Å². The Morgan fingerprint density at radius 3 is 2.14 bits per heavy atom. The van der Waals surface area contributed by atoms with Crippen LogP contribution in [0.3, 0.4) is 0 Å². The van der Waals surface area contributed by atoms with E-state index >= 15 is 0 Å². The predicted molar refractivity (Wildman–Crippen MR) is 86.4 cm³/mol. The fourth-order valence-corrected chi connectivity index (χ4v) is 2.35. The van der Waals surface area contributed by atoms with Crippen LogP contribution in [0.1, 0.15) is 57.5 Å². The molecule has 0 spiro atoms. The molecule has 1 atom stereocenters. The summed E-state index contributed by atoms with van der Waals surface area (Å²) in [7, 11) is 0. The minimum absolute atomic E-state index is 0.160. The van der Waals surface area contributed by atoms with Crippen LogP contribution in [0.4, 0.5) is 0 Å². The lowest BCUT2D eigenvalue weighted by molar-refractivity contribution is -0.523. The maximum Gasteiger partial charge on any atom is 0.217 e. The monoisotopic (exact) mass is 309 g/mol. The van der Waals surface area contributed by atoms with E-state index in [2.05, 4.69) is 0 Å². The van der Waals surface area contributed by atoms with Crippen LogP contribution in [0.25, 0.3) is 0 Å². The Kier molecular flexibility index (Phi) is 8.70. The third kappa shape index (κ3) is 6.12. The first-order valence-corrected chi connectivity index (χ1v) is 8.07. The van der Waals surface area contributed by atoms with Crippen molar-refractivity contribution in [3.63, 3.8) is 0 Å². The molecule has 5 nitrogen and oxygen atoms in total. The zero-order valence-corrected chi connectivity index (χ0v) is 13.8. The average molecular weight is 309 g/mol. The molecule has 0 heterocycles. The largest absolute Gasteiger partial charge is 0.349 e. The number of ether oxygens (including phenoxy) is 2. The zero-order valence-electron chi connectivity index (χ0n) is 13.8. The maximum atomic E-state index is 11.1. The van der Waals surface area contributed by atoms with Crippen LogP contribution in [-0.4, -0.2) is 24.2 Å². The lowest BCUT2D eigenvalue weighted by Crippen LogP contribution is -2.22. The second-order valence-corrected chi connectivity index (χ2v) is 5.27. The predicted octanol–water partition coefficient (Wildman–Crippen LogP) is 4.14. The molecule has 0 aliphatic carbocycles. The van der Waals surface area contributed by atoms with Gasteiger partial charge in [-0.1, -0.05) is 37.6 Å². The fourth-order valence-electron chi connectivity index (χ4n) is 2.35. The lowest BCUT2D eigenvalue weighted by Gasteiger charge is -2.17. The molecule has 0 aliphatic rings. The quantitative estimate of drug-likeness (QED) is 0.350. The third-order valence-corrected chi connectivity index (χ3v) is 3.55. The molecule has 0 radical (unpaired) electrons. The number of benzene rings is 1. The highest BCUT2D eigenvalue weighted by Gasteiger charge is 2.20. The number of hydrogen-bond donors (Lipinski definition) is 0. The van der Waals surface area contributed by atoms with Crippen LogP contribution >= 0.6 is 0 Å². The molecule has 124 valence electrons. The molecule has 1 aromatic carbocycles. The van der Waals surface area contributed by atoms with Crippen molar-refractivity contribution in [2.45, 2.75) is 58.8 Å². The van der Waals surface area contributed by atoms with E-state index in [4.69, 9.17) is 9.47 Å². The molecule has 1 aromatic rings. The zero-order chi connectivity index (χ0) is 16.4. The van der Waals surface area contributed by atoms with Gasteiger partial charge in [-0.15, -0.1) is 0 Å². The number of hydrogen-bond acceptors (Lipinski definition) is 4. The van der Waals surface area contributed by atoms with Gasteiger partial charge in [0, 0.05) is 36.5 Å². The van der Waals surface area contributed by atoms with E-state index < -0.39 is 6.04 Å². The van der Waals surface area contributed by atoms with Crippen molar-refractivity contribution in [3.05, 3.63) is 45.5 Å². The van der Waals surface area contributed by atoms with Gasteiger partial charge in [0.05, 0.1) is 0 Å². The normalized spacial score (nSPS) is 12.5. The lowest BCUT2D eigenvalue weighted by atomic mass is 10.0. The summed E-state index contributed by atoms with van der Waals surface area (Å²) in [6, 6.07) is 7.23. The molecular weight excluding hydrogens is 282 g/mol. The molecule has 0 N–H and O–H groups in total. The van der Waals surface area contributed by atoms with E-state index in [0.717, 1.165) is 24.0 Å². The van der Waals surface area contributed by atoms with E-state index in [0.29, 0.717) is 26.1 Å². The molecule has 1 rings (SSSR count). The first-order chi connectivity index (χ1) is 10.6. The first-order valence-electron chi connectivity index (χ1n) is 8.07. The Balaban J connectivity index is 2.71. The van der Waals surface area contributed by atoms with Crippen molar-refractivity contribution in [2.75, 3.05) is 13.2 Å². The van der Waals surface area contributed by atoms with Crippen molar-refractivity contribution in [2.24, 2.45) is 0 Å². The summed E-state index contributed by atoms with van der Waals surface area (Å²) in [4.78, 5) is 11.0. The maximum absolute atomic E-state index is 11.1. The highest BCUT2D eigenvalue weighted by atomic mass is 16.7. The van der Waals surface area contributed by atoms with E-state index in [1.54, 1.807) is 0 Å². The first kappa shape index (κ1) is 18.6. The molecule has 1 unspecified atom stereocenters. The Labute approximate surface area is 132 Å². The Bertz CT molecular complexity index is 427. The van der Waals surface area contributed by atoms with Gasteiger partial charge in [0.25, 0.3) is 0 Å². The molecule has 5 heteroatoms. The standard InChI is InChI=1S/C17H27NO4/c1-4-7-8-16(18(19)20)13-14-9-11-15(12-10-14)17(21-5-2)22-6-3/h9-12,16-17H,4-8,13H2,1-3H3. The summed E-state index contributed by atoms with van der Waals surface area (Å²) < 4.78 is 11.1. The van der Waals surface area contributed by atoms with Gasteiger partial charge in [0.15, 0.2) is 6.29 Å². The van der Waals surface area contributed by atoms with E-state index in [1.165, 1.54) is 0 Å². The molecule has 0 fully saturated rings. The summed E-state index contributed by atoms with van der Waals surface area (Å²) in [6.07, 6.45) is 2.61. The van der Waals surface area contributed by atoms with Gasteiger partial charge in [0.1, 0.15) is 0 Å². The van der Waals surface area contributed by atoms with Crippen molar-refractivity contribution >= 4 is 0 Å². The number of nitrogens with zero attached hydrogens (tertiary/aromatic N) is 1. The molecule has 0 bridgehead atoms. The summed E-state index contributed by atoms with van der Waals surface area (Å²) in [6.45, 7) is 7.05. The Hall–Kier alpha value is -1.46. The molecular formula is C17H27NO4. The Morgan fingerprint density at radius 2 is 1.68 bits per heavy atom. The highest BCUT2D eigenvalue weighted by molar-refractivity contribution is 5.24. The van der Waals surface area contributed by atoms with Crippen LogP contribution in [0.2, 0.25) is 0 Å². The highest BCUT2D eigenvalue weighted by Crippen LogP contribution is 2.20. The van der Waals surface area contributed by atoms with Crippen LogP contribution < -0.4 is 0 Å². The van der Waals surface area contributed by atoms with Gasteiger partial charge < -0.3 is 9.47 Å². The molecule has 0 aliphatic heterocycles. The summed E-state index contributed by atoms with van der Waals surface area (Å²) in [5, 5.41) is 11.1. The number of unbranched alkanes of at least 4 members (excludes halogenated alkanes) is 1. The SMILES string of the molecule is CCCCC(Cc1ccc(C(OCC)OCC)cc1)[N+](=O)[O-]. The van der Waals surface area contributed by atoms with Crippen molar-refractivity contribution in [1.29, 1.82) is 0 Å². The summed E-state index contributed by atoms with van der Waals surface area (Å²) in [5.41, 5.74) is 1.92. The number of nitro groups is 1. The van der Waals surface area contributed by atoms with E-state index in [-0.39, 0.29) is 11.2 Å². The molecule has 22 heavy (non-hydrogen) atoms.